The molecule has 0 spiro atoms. The summed E-state index contributed by atoms with van der Waals surface area (Å²) in [6.07, 6.45) is 4.75. The number of allylic oxidation sites excluding steroid dienone is 1. The molecule has 1 aliphatic rings. The van der Waals surface area contributed by atoms with Crippen LogP contribution in [-0.2, 0) is 0 Å². The molecule has 0 heterocycles. The van der Waals surface area contributed by atoms with Crippen LogP contribution >= 0.6 is 0 Å². The van der Waals surface area contributed by atoms with Gasteiger partial charge in [-0.3, -0.25) is 0 Å². The molecule has 2 aromatic rings. The molecule has 1 atom stereocenters. The maximum Gasteiger partial charge on any atom is 0.131 e. The van der Waals surface area contributed by atoms with Crippen LogP contribution in [0.3, 0.4) is 0 Å². The standard InChI is InChI=1S/C19H25NSi/c1-19(2,3)20-21(4,5)18-13-12-16-15-9-7-6-8-14(15)10-11-17(16)18/h6-13,18,20H,1-5H3. The van der Waals surface area contributed by atoms with Crippen molar-refractivity contribution >= 4 is 25.1 Å². The van der Waals surface area contributed by atoms with Crippen molar-refractivity contribution in [2.45, 2.75) is 44.9 Å². The van der Waals surface area contributed by atoms with Crippen LogP contribution < -0.4 is 4.98 Å². The van der Waals surface area contributed by atoms with E-state index in [4.69, 9.17) is 0 Å². The van der Waals surface area contributed by atoms with E-state index in [0.29, 0.717) is 5.54 Å². The van der Waals surface area contributed by atoms with Crippen LogP contribution in [0.2, 0.25) is 13.1 Å². The van der Waals surface area contributed by atoms with E-state index in [9.17, 15) is 0 Å². The summed E-state index contributed by atoms with van der Waals surface area (Å²) in [7, 11) is -1.58. The molecule has 0 aromatic heterocycles. The Morgan fingerprint density at radius 1 is 1.00 bits per heavy atom. The van der Waals surface area contributed by atoms with Gasteiger partial charge in [-0.2, -0.15) is 0 Å². The van der Waals surface area contributed by atoms with Crippen molar-refractivity contribution in [1.29, 1.82) is 0 Å². The van der Waals surface area contributed by atoms with E-state index in [1.54, 1.807) is 0 Å². The van der Waals surface area contributed by atoms with E-state index in [1.807, 2.05) is 0 Å². The first-order valence-electron chi connectivity index (χ1n) is 7.77. The minimum Gasteiger partial charge on any atom is -0.332 e. The summed E-state index contributed by atoms with van der Waals surface area (Å²) in [5, 5.41) is 2.72. The smallest absolute Gasteiger partial charge is 0.131 e. The van der Waals surface area contributed by atoms with Crippen LogP contribution in [-0.4, -0.2) is 13.8 Å². The fourth-order valence-electron chi connectivity index (χ4n) is 3.74. The normalized spacial score (nSPS) is 18.2. The van der Waals surface area contributed by atoms with Gasteiger partial charge in [-0.05, 0) is 42.7 Å². The van der Waals surface area contributed by atoms with Gasteiger partial charge >= 0.3 is 0 Å². The second-order valence-corrected chi connectivity index (χ2v) is 12.0. The Kier molecular flexibility index (Phi) is 3.34. The number of hydrogen-bond acceptors (Lipinski definition) is 1. The van der Waals surface area contributed by atoms with Gasteiger partial charge in [-0.15, -0.1) is 0 Å². The fraction of sp³-hybridized carbons (Fsp3) is 0.368. The minimum atomic E-state index is -1.58. The van der Waals surface area contributed by atoms with Crippen molar-refractivity contribution < 1.29 is 0 Å². The lowest BCUT2D eigenvalue weighted by atomic mass is 10.0. The topological polar surface area (TPSA) is 12.0 Å². The second kappa shape index (κ2) is 4.82. The quantitative estimate of drug-likeness (QED) is 0.762. The number of fused-ring (bicyclic) bond motifs is 3. The zero-order chi connectivity index (χ0) is 15.3. The van der Waals surface area contributed by atoms with Gasteiger partial charge in [0.2, 0.25) is 0 Å². The van der Waals surface area contributed by atoms with Crippen LogP contribution in [0.25, 0.3) is 16.8 Å². The molecule has 0 fully saturated rings. The molecular weight excluding hydrogens is 270 g/mol. The third-order valence-corrected chi connectivity index (χ3v) is 7.72. The lowest BCUT2D eigenvalue weighted by Crippen LogP contribution is -2.57. The Morgan fingerprint density at radius 2 is 1.71 bits per heavy atom. The van der Waals surface area contributed by atoms with E-state index in [0.717, 1.165) is 0 Å². The minimum absolute atomic E-state index is 0.170. The van der Waals surface area contributed by atoms with Gasteiger partial charge in [0, 0.05) is 11.1 Å². The number of rotatable bonds is 2. The summed E-state index contributed by atoms with van der Waals surface area (Å²) in [5.74, 6) is 0. The Bertz CT molecular complexity index is 707. The van der Waals surface area contributed by atoms with Crippen molar-refractivity contribution in [2.75, 3.05) is 0 Å². The lowest BCUT2D eigenvalue weighted by molar-refractivity contribution is 0.509. The number of hydrogen-bond donors (Lipinski definition) is 1. The molecule has 1 nitrogen and oxygen atoms in total. The molecule has 0 bridgehead atoms. The molecule has 0 radical (unpaired) electrons. The van der Waals surface area contributed by atoms with E-state index in [2.05, 4.69) is 87.4 Å². The summed E-state index contributed by atoms with van der Waals surface area (Å²) in [5.41, 5.74) is 3.65. The summed E-state index contributed by atoms with van der Waals surface area (Å²) in [6.45, 7) is 11.7. The fourth-order valence-corrected chi connectivity index (χ4v) is 7.43. The first-order valence-corrected chi connectivity index (χ1v) is 10.8. The van der Waals surface area contributed by atoms with Crippen LogP contribution in [0.5, 0.6) is 0 Å². The molecule has 1 unspecified atom stereocenters. The van der Waals surface area contributed by atoms with Crippen molar-refractivity contribution in [3.8, 4) is 0 Å². The SMILES string of the molecule is CC(C)(C)N[Si](C)(C)C1C=Cc2c1ccc1ccccc21. The van der Waals surface area contributed by atoms with Crippen LogP contribution in [0.15, 0.2) is 42.5 Å². The maximum atomic E-state index is 3.91. The zero-order valence-electron chi connectivity index (χ0n) is 13.7. The van der Waals surface area contributed by atoms with Gasteiger partial charge < -0.3 is 4.98 Å². The van der Waals surface area contributed by atoms with Crippen molar-refractivity contribution in [2.24, 2.45) is 0 Å². The monoisotopic (exact) mass is 295 g/mol. The average Bonchev–Trinajstić information content (AvgIpc) is 2.80. The highest BCUT2D eigenvalue weighted by atomic mass is 28.3. The predicted octanol–water partition coefficient (Wildman–Crippen LogP) is 5.08. The van der Waals surface area contributed by atoms with Crippen LogP contribution in [0.4, 0.5) is 0 Å². The summed E-state index contributed by atoms with van der Waals surface area (Å²) in [4.78, 5) is 3.91. The Balaban J connectivity index is 2.05. The van der Waals surface area contributed by atoms with Crippen LogP contribution in [0.1, 0.15) is 37.4 Å². The molecule has 21 heavy (non-hydrogen) atoms. The number of benzene rings is 2. The first kappa shape index (κ1) is 14.5. The summed E-state index contributed by atoms with van der Waals surface area (Å²) >= 11 is 0. The van der Waals surface area contributed by atoms with E-state index in [1.165, 1.54) is 21.9 Å². The first-order chi connectivity index (χ1) is 9.78. The molecule has 110 valence electrons. The Labute approximate surface area is 129 Å². The summed E-state index contributed by atoms with van der Waals surface area (Å²) in [6, 6.07) is 13.3. The Hall–Kier alpha value is -1.38. The molecule has 0 saturated carbocycles. The highest BCUT2D eigenvalue weighted by Crippen LogP contribution is 2.39. The van der Waals surface area contributed by atoms with E-state index < -0.39 is 8.24 Å². The molecular formula is C19H25NSi. The van der Waals surface area contributed by atoms with Crippen molar-refractivity contribution in [3.05, 3.63) is 53.6 Å². The second-order valence-electron chi connectivity index (χ2n) is 7.72. The summed E-state index contributed by atoms with van der Waals surface area (Å²) < 4.78 is 0. The van der Waals surface area contributed by atoms with E-state index in [-0.39, 0.29) is 5.54 Å². The van der Waals surface area contributed by atoms with Crippen molar-refractivity contribution in [1.82, 2.24) is 4.98 Å². The highest BCUT2D eigenvalue weighted by Gasteiger charge is 2.37. The largest absolute Gasteiger partial charge is 0.332 e. The lowest BCUT2D eigenvalue weighted by Gasteiger charge is -2.37. The van der Waals surface area contributed by atoms with Crippen LogP contribution in [0, 0.1) is 0 Å². The van der Waals surface area contributed by atoms with Gasteiger partial charge in [-0.25, -0.2) is 0 Å². The zero-order valence-corrected chi connectivity index (χ0v) is 14.7. The van der Waals surface area contributed by atoms with Gasteiger partial charge in [0.1, 0.15) is 8.24 Å². The predicted molar refractivity (Wildman–Crippen MR) is 96.1 cm³/mol. The molecule has 1 N–H and O–H groups in total. The third kappa shape index (κ3) is 2.70. The van der Waals surface area contributed by atoms with Gasteiger partial charge in [0.15, 0.2) is 0 Å². The van der Waals surface area contributed by atoms with Gasteiger partial charge in [0.25, 0.3) is 0 Å². The molecule has 0 saturated heterocycles. The number of nitrogens with one attached hydrogen (secondary N) is 1. The molecule has 3 rings (SSSR count). The molecule has 0 amide bonds. The average molecular weight is 296 g/mol. The molecule has 2 heteroatoms. The Morgan fingerprint density at radius 3 is 2.43 bits per heavy atom. The third-order valence-electron chi connectivity index (χ3n) is 4.27. The van der Waals surface area contributed by atoms with Crippen molar-refractivity contribution in [3.63, 3.8) is 0 Å². The highest BCUT2D eigenvalue weighted by molar-refractivity contribution is 6.77. The van der Waals surface area contributed by atoms with Gasteiger partial charge in [-0.1, -0.05) is 61.6 Å². The molecule has 1 aliphatic carbocycles. The molecule has 0 aliphatic heterocycles. The molecule has 2 aromatic carbocycles. The van der Waals surface area contributed by atoms with Gasteiger partial charge in [0.05, 0.1) is 0 Å². The van der Waals surface area contributed by atoms with E-state index >= 15 is 0 Å². The maximum absolute atomic E-state index is 3.91.